The highest BCUT2D eigenvalue weighted by atomic mass is 16.8. The molecule has 0 amide bonds. The van der Waals surface area contributed by atoms with E-state index in [9.17, 15) is 14.4 Å². The van der Waals surface area contributed by atoms with Crippen LogP contribution in [0.2, 0.25) is 0 Å². The molecule has 1 fully saturated rings. The molecule has 0 spiro atoms. The Morgan fingerprint density at radius 1 is 1.14 bits per heavy atom. The molecule has 1 saturated heterocycles. The van der Waals surface area contributed by atoms with Crippen molar-refractivity contribution in [3.05, 3.63) is 0 Å². The third kappa shape index (κ3) is 4.96. The van der Waals surface area contributed by atoms with Crippen molar-refractivity contribution in [3.8, 4) is 0 Å². The molecule has 1 N–H and O–H groups in total. The van der Waals surface area contributed by atoms with Gasteiger partial charge in [0.2, 0.25) is 0 Å². The fourth-order valence-electron chi connectivity index (χ4n) is 1.79. The van der Waals surface area contributed by atoms with Crippen LogP contribution in [0.3, 0.4) is 0 Å². The minimum atomic E-state index is -1.49. The van der Waals surface area contributed by atoms with Gasteiger partial charge in [0.05, 0.1) is 0 Å². The first-order chi connectivity index (χ1) is 9.82. The monoisotopic (exact) mass is 318 g/mol. The van der Waals surface area contributed by atoms with E-state index in [-0.39, 0.29) is 0 Å². The number of ether oxygens (including phenoxy) is 4. The Kier molecular flexibility index (Phi) is 5.19. The SMILES string of the molecule is CC(OC(=O)[C@@H]1OC(C)(C)O[C@H]1C(=O)O)C(=O)OC(C)(C)C. The van der Waals surface area contributed by atoms with Crippen molar-refractivity contribution in [1.82, 2.24) is 0 Å². The summed E-state index contributed by atoms with van der Waals surface area (Å²) in [6.45, 7) is 9.33. The van der Waals surface area contributed by atoms with E-state index in [0.717, 1.165) is 0 Å². The van der Waals surface area contributed by atoms with E-state index in [4.69, 9.17) is 24.1 Å². The number of hydrogen-bond acceptors (Lipinski definition) is 7. The van der Waals surface area contributed by atoms with Crippen LogP contribution in [0.1, 0.15) is 41.5 Å². The second-order valence-electron chi connectivity index (χ2n) is 6.43. The van der Waals surface area contributed by atoms with Gasteiger partial charge in [-0.3, -0.25) is 0 Å². The maximum atomic E-state index is 12.0. The van der Waals surface area contributed by atoms with E-state index in [0.29, 0.717) is 0 Å². The highest BCUT2D eigenvalue weighted by Gasteiger charge is 2.50. The molecule has 3 atom stereocenters. The summed E-state index contributed by atoms with van der Waals surface area (Å²) >= 11 is 0. The third-order valence-corrected chi connectivity index (χ3v) is 2.60. The molecule has 1 aliphatic heterocycles. The highest BCUT2D eigenvalue weighted by molar-refractivity contribution is 5.87. The maximum Gasteiger partial charge on any atom is 0.347 e. The molecule has 1 rings (SSSR count). The lowest BCUT2D eigenvalue weighted by atomic mass is 10.2. The van der Waals surface area contributed by atoms with Gasteiger partial charge in [0, 0.05) is 0 Å². The zero-order valence-electron chi connectivity index (χ0n) is 13.5. The van der Waals surface area contributed by atoms with E-state index < -0.39 is 47.6 Å². The largest absolute Gasteiger partial charge is 0.479 e. The number of aliphatic carboxylic acids is 1. The predicted octanol–water partition coefficient (Wildman–Crippen LogP) is 0.864. The standard InChI is InChI=1S/C14H22O8/c1-7(11(17)22-13(2,3)4)19-12(18)9-8(10(15)16)20-14(5,6)21-9/h7-9H,1-6H3,(H,15,16)/t7?,8-,9-/m1/s1. The molecule has 0 aromatic heterocycles. The summed E-state index contributed by atoms with van der Waals surface area (Å²) in [4.78, 5) is 34.9. The molecule has 8 nitrogen and oxygen atoms in total. The summed E-state index contributed by atoms with van der Waals surface area (Å²) in [5.74, 6) is -4.30. The van der Waals surface area contributed by atoms with Crippen LogP contribution in [-0.4, -0.2) is 52.7 Å². The van der Waals surface area contributed by atoms with Gasteiger partial charge < -0.3 is 24.1 Å². The van der Waals surface area contributed by atoms with Crippen molar-refractivity contribution in [3.63, 3.8) is 0 Å². The van der Waals surface area contributed by atoms with Crippen LogP contribution < -0.4 is 0 Å². The molecule has 0 radical (unpaired) electrons. The van der Waals surface area contributed by atoms with Gasteiger partial charge in [-0.1, -0.05) is 0 Å². The van der Waals surface area contributed by atoms with Gasteiger partial charge in [-0.15, -0.1) is 0 Å². The van der Waals surface area contributed by atoms with Gasteiger partial charge in [0.1, 0.15) is 5.60 Å². The number of rotatable bonds is 4. The molecule has 1 heterocycles. The summed E-state index contributed by atoms with van der Waals surface area (Å²) in [5.41, 5.74) is -0.726. The number of carboxylic acid groups (broad SMARTS) is 1. The van der Waals surface area contributed by atoms with Gasteiger partial charge in [-0.05, 0) is 41.5 Å². The van der Waals surface area contributed by atoms with E-state index in [1.165, 1.54) is 20.8 Å². The third-order valence-electron chi connectivity index (χ3n) is 2.60. The lowest BCUT2D eigenvalue weighted by molar-refractivity contribution is -0.184. The summed E-state index contributed by atoms with van der Waals surface area (Å²) < 4.78 is 20.4. The zero-order chi connectivity index (χ0) is 17.3. The van der Waals surface area contributed by atoms with E-state index in [1.807, 2.05) is 0 Å². The summed E-state index contributed by atoms with van der Waals surface area (Å²) in [7, 11) is 0. The summed E-state index contributed by atoms with van der Waals surface area (Å²) in [5, 5.41) is 9.06. The molecule has 1 aliphatic rings. The molecular formula is C14H22O8. The van der Waals surface area contributed by atoms with Crippen molar-refractivity contribution in [1.29, 1.82) is 0 Å². The molecule has 126 valence electrons. The molecule has 1 unspecified atom stereocenters. The van der Waals surface area contributed by atoms with Crippen LogP contribution in [0.4, 0.5) is 0 Å². The maximum absolute atomic E-state index is 12.0. The quantitative estimate of drug-likeness (QED) is 0.760. The average molecular weight is 318 g/mol. The average Bonchev–Trinajstić information content (AvgIpc) is 2.63. The Bertz CT molecular complexity index is 462. The Morgan fingerprint density at radius 3 is 2.09 bits per heavy atom. The van der Waals surface area contributed by atoms with Crippen LogP contribution in [0.25, 0.3) is 0 Å². The number of esters is 2. The molecule has 8 heteroatoms. The summed E-state index contributed by atoms with van der Waals surface area (Å²) in [6.07, 6.45) is -4.13. The number of carboxylic acids is 1. The van der Waals surface area contributed by atoms with Gasteiger partial charge >= 0.3 is 17.9 Å². The second-order valence-corrected chi connectivity index (χ2v) is 6.43. The highest BCUT2D eigenvalue weighted by Crippen LogP contribution is 2.29. The van der Waals surface area contributed by atoms with Crippen LogP contribution in [0.15, 0.2) is 0 Å². The number of carbonyl (C=O) groups is 3. The first-order valence-electron chi connectivity index (χ1n) is 6.84. The van der Waals surface area contributed by atoms with Gasteiger partial charge in [0.25, 0.3) is 0 Å². The zero-order valence-corrected chi connectivity index (χ0v) is 13.5. The van der Waals surface area contributed by atoms with E-state index >= 15 is 0 Å². The predicted molar refractivity (Wildman–Crippen MR) is 72.9 cm³/mol. The minimum absolute atomic E-state index is 0.726. The van der Waals surface area contributed by atoms with Crippen LogP contribution in [-0.2, 0) is 33.3 Å². The molecule has 22 heavy (non-hydrogen) atoms. The lowest BCUT2D eigenvalue weighted by Gasteiger charge is -2.23. The Hall–Kier alpha value is -1.67. The molecule has 0 aliphatic carbocycles. The van der Waals surface area contributed by atoms with Crippen molar-refractivity contribution in [2.75, 3.05) is 0 Å². The first-order valence-corrected chi connectivity index (χ1v) is 6.84. The second kappa shape index (κ2) is 6.21. The van der Waals surface area contributed by atoms with Crippen molar-refractivity contribution < 1.29 is 38.4 Å². The van der Waals surface area contributed by atoms with Crippen LogP contribution >= 0.6 is 0 Å². The minimum Gasteiger partial charge on any atom is -0.479 e. The van der Waals surface area contributed by atoms with Crippen LogP contribution in [0, 0.1) is 0 Å². The fourth-order valence-corrected chi connectivity index (χ4v) is 1.79. The summed E-state index contributed by atoms with van der Waals surface area (Å²) in [6, 6.07) is 0. The smallest absolute Gasteiger partial charge is 0.347 e. The molecule has 0 aromatic rings. The lowest BCUT2D eigenvalue weighted by Crippen LogP contribution is -2.41. The van der Waals surface area contributed by atoms with Gasteiger partial charge in [-0.2, -0.15) is 0 Å². The fraction of sp³-hybridized carbons (Fsp3) is 0.786. The first kappa shape index (κ1) is 18.4. The Morgan fingerprint density at radius 2 is 1.64 bits per heavy atom. The molecule has 0 bridgehead atoms. The van der Waals surface area contributed by atoms with Gasteiger partial charge in [-0.25, -0.2) is 14.4 Å². The van der Waals surface area contributed by atoms with Crippen molar-refractivity contribution in [2.24, 2.45) is 0 Å². The Balaban J connectivity index is 2.71. The molecule has 0 saturated carbocycles. The molecule has 0 aromatic carbocycles. The number of carbonyl (C=O) groups excluding carboxylic acids is 2. The van der Waals surface area contributed by atoms with E-state index in [1.54, 1.807) is 20.8 Å². The topological polar surface area (TPSA) is 108 Å². The van der Waals surface area contributed by atoms with E-state index in [2.05, 4.69) is 0 Å². The van der Waals surface area contributed by atoms with Crippen molar-refractivity contribution >= 4 is 17.9 Å². The van der Waals surface area contributed by atoms with Gasteiger partial charge in [0.15, 0.2) is 24.1 Å². The number of hydrogen-bond donors (Lipinski definition) is 1. The normalized spacial score (nSPS) is 25.4. The van der Waals surface area contributed by atoms with Crippen molar-refractivity contribution in [2.45, 2.75) is 71.2 Å². The van der Waals surface area contributed by atoms with Crippen LogP contribution in [0.5, 0.6) is 0 Å². The Labute approximate surface area is 128 Å². The molecular weight excluding hydrogens is 296 g/mol.